The molecule has 1 aliphatic rings. The van der Waals surface area contributed by atoms with Gasteiger partial charge in [-0.15, -0.1) is 0 Å². The summed E-state index contributed by atoms with van der Waals surface area (Å²) in [4.78, 5) is 16.5. The predicted octanol–water partition coefficient (Wildman–Crippen LogP) is 2.93. The van der Waals surface area contributed by atoms with Crippen molar-refractivity contribution >= 4 is 17.3 Å². The van der Waals surface area contributed by atoms with Crippen LogP contribution in [0, 0.1) is 0 Å². The van der Waals surface area contributed by atoms with Gasteiger partial charge in [0, 0.05) is 30.2 Å². The number of aromatic nitrogens is 1. The summed E-state index contributed by atoms with van der Waals surface area (Å²) < 4.78 is 11.0. The first-order valence-electron chi connectivity index (χ1n) is 7.54. The lowest BCUT2D eigenvalue weighted by atomic mass is 10.2. The van der Waals surface area contributed by atoms with Crippen LogP contribution in [-0.2, 0) is 0 Å². The highest BCUT2D eigenvalue weighted by Gasteiger charge is 2.14. The number of benzene rings is 1. The minimum Gasteiger partial charge on any atom is -0.486 e. The number of nitrogens with zero attached hydrogens (tertiary/aromatic N) is 1. The Morgan fingerprint density at radius 2 is 1.87 bits per heavy atom. The van der Waals surface area contributed by atoms with Gasteiger partial charge in [-0.05, 0) is 32.0 Å². The highest BCUT2D eigenvalue weighted by atomic mass is 16.6. The van der Waals surface area contributed by atoms with Crippen LogP contribution in [0.2, 0.25) is 0 Å². The Kier molecular flexibility index (Phi) is 4.32. The molecule has 23 heavy (non-hydrogen) atoms. The molecule has 120 valence electrons. The monoisotopic (exact) mass is 313 g/mol. The van der Waals surface area contributed by atoms with Crippen molar-refractivity contribution in [2.45, 2.75) is 19.9 Å². The number of hydrogen-bond acceptors (Lipinski definition) is 5. The summed E-state index contributed by atoms with van der Waals surface area (Å²) in [6.07, 6.45) is 3.24. The molecule has 1 amide bonds. The fraction of sp³-hybridized carbons (Fsp3) is 0.294. The smallest absolute Gasteiger partial charge is 0.257 e. The number of carbonyl (C=O) groups is 1. The van der Waals surface area contributed by atoms with E-state index in [2.05, 4.69) is 15.6 Å². The van der Waals surface area contributed by atoms with Gasteiger partial charge in [0.2, 0.25) is 0 Å². The first-order valence-corrected chi connectivity index (χ1v) is 7.54. The number of hydrogen-bond donors (Lipinski definition) is 2. The zero-order valence-electron chi connectivity index (χ0n) is 13.1. The van der Waals surface area contributed by atoms with Gasteiger partial charge in [-0.25, -0.2) is 0 Å². The average Bonchev–Trinajstić information content (AvgIpc) is 2.54. The van der Waals surface area contributed by atoms with Gasteiger partial charge in [0.05, 0.1) is 11.3 Å². The molecule has 0 unspecified atom stereocenters. The number of ether oxygens (including phenoxy) is 2. The van der Waals surface area contributed by atoms with Crippen molar-refractivity contribution < 1.29 is 14.3 Å². The first kappa shape index (κ1) is 15.1. The number of rotatable bonds is 4. The van der Waals surface area contributed by atoms with E-state index in [-0.39, 0.29) is 11.9 Å². The Hall–Kier alpha value is -2.76. The average molecular weight is 313 g/mol. The van der Waals surface area contributed by atoms with E-state index in [4.69, 9.17) is 9.47 Å². The molecule has 0 aliphatic carbocycles. The van der Waals surface area contributed by atoms with Crippen LogP contribution in [0.25, 0.3) is 0 Å². The third-order valence-corrected chi connectivity index (χ3v) is 3.26. The van der Waals surface area contributed by atoms with E-state index in [1.165, 1.54) is 0 Å². The van der Waals surface area contributed by atoms with Crippen molar-refractivity contribution in [3.63, 3.8) is 0 Å². The highest BCUT2D eigenvalue weighted by Crippen LogP contribution is 2.32. The van der Waals surface area contributed by atoms with E-state index in [0.29, 0.717) is 36.0 Å². The first-order chi connectivity index (χ1) is 11.1. The van der Waals surface area contributed by atoms with Crippen molar-refractivity contribution in [3.05, 3.63) is 42.2 Å². The van der Waals surface area contributed by atoms with E-state index in [1.54, 1.807) is 36.7 Å². The van der Waals surface area contributed by atoms with Crippen LogP contribution in [0.15, 0.2) is 36.7 Å². The fourth-order valence-corrected chi connectivity index (χ4v) is 2.30. The Labute approximate surface area is 134 Å². The van der Waals surface area contributed by atoms with Gasteiger partial charge >= 0.3 is 0 Å². The molecule has 0 fully saturated rings. The zero-order chi connectivity index (χ0) is 16.2. The maximum atomic E-state index is 12.4. The van der Waals surface area contributed by atoms with Crippen LogP contribution in [0.5, 0.6) is 11.5 Å². The zero-order valence-corrected chi connectivity index (χ0v) is 13.1. The molecule has 1 aliphatic heterocycles. The lowest BCUT2D eigenvalue weighted by Gasteiger charge is -2.19. The molecule has 0 radical (unpaired) electrons. The Morgan fingerprint density at radius 3 is 2.65 bits per heavy atom. The topological polar surface area (TPSA) is 72.5 Å². The minimum absolute atomic E-state index is 0.221. The van der Waals surface area contributed by atoms with Crippen molar-refractivity contribution in [1.29, 1.82) is 0 Å². The van der Waals surface area contributed by atoms with Gasteiger partial charge in [0.25, 0.3) is 5.91 Å². The Morgan fingerprint density at radius 1 is 1.09 bits per heavy atom. The van der Waals surface area contributed by atoms with Crippen molar-refractivity contribution in [2.24, 2.45) is 0 Å². The highest BCUT2D eigenvalue weighted by molar-refractivity contribution is 6.04. The molecular formula is C17H19N3O3. The van der Waals surface area contributed by atoms with Gasteiger partial charge < -0.3 is 20.1 Å². The lowest BCUT2D eigenvalue weighted by Crippen LogP contribution is -2.17. The SMILES string of the molecule is CC(C)Nc1cncc(C(=O)Nc2ccc3c(c2)OCCO3)c1. The van der Waals surface area contributed by atoms with E-state index >= 15 is 0 Å². The standard InChI is InChI=1S/C17H19N3O3/c1-11(2)19-14-7-12(9-18-10-14)17(21)20-13-3-4-15-16(8-13)23-6-5-22-15/h3-4,7-11,19H,5-6H2,1-2H3,(H,20,21). The summed E-state index contributed by atoms with van der Waals surface area (Å²) >= 11 is 0. The molecule has 3 rings (SSSR count). The molecule has 0 bridgehead atoms. The summed E-state index contributed by atoms with van der Waals surface area (Å²) in [6, 6.07) is 7.39. The second-order valence-corrected chi connectivity index (χ2v) is 5.57. The van der Waals surface area contributed by atoms with Crippen LogP contribution < -0.4 is 20.1 Å². The summed E-state index contributed by atoms with van der Waals surface area (Å²) in [6.45, 7) is 5.11. The van der Waals surface area contributed by atoms with Crippen LogP contribution in [0.3, 0.4) is 0 Å². The molecule has 0 spiro atoms. The maximum Gasteiger partial charge on any atom is 0.257 e. The van der Waals surface area contributed by atoms with Crippen LogP contribution in [0.4, 0.5) is 11.4 Å². The Bertz CT molecular complexity index is 716. The van der Waals surface area contributed by atoms with Crippen LogP contribution in [-0.4, -0.2) is 30.1 Å². The number of anilines is 2. The third-order valence-electron chi connectivity index (χ3n) is 3.26. The molecule has 6 heteroatoms. The number of nitrogens with one attached hydrogen (secondary N) is 2. The quantitative estimate of drug-likeness (QED) is 0.908. The molecule has 1 aromatic carbocycles. The van der Waals surface area contributed by atoms with E-state index in [9.17, 15) is 4.79 Å². The molecule has 0 saturated heterocycles. The molecule has 2 aromatic rings. The van der Waals surface area contributed by atoms with Gasteiger partial charge in [-0.1, -0.05) is 0 Å². The number of amides is 1. The Balaban J connectivity index is 1.74. The maximum absolute atomic E-state index is 12.4. The van der Waals surface area contributed by atoms with Gasteiger partial charge in [-0.3, -0.25) is 9.78 Å². The predicted molar refractivity (Wildman–Crippen MR) is 88.4 cm³/mol. The van der Waals surface area contributed by atoms with Crippen LogP contribution in [0.1, 0.15) is 24.2 Å². The van der Waals surface area contributed by atoms with E-state index in [1.807, 2.05) is 13.8 Å². The van der Waals surface area contributed by atoms with Crippen molar-refractivity contribution in [3.8, 4) is 11.5 Å². The van der Waals surface area contributed by atoms with Crippen LogP contribution >= 0.6 is 0 Å². The van der Waals surface area contributed by atoms with E-state index < -0.39 is 0 Å². The lowest BCUT2D eigenvalue weighted by molar-refractivity contribution is 0.102. The minimum atomic E-state index is -0.221. The normalized spacial score (nSPS) is 12.8. The molecular weight excluding hydrogens is 294 g/mol. The molecule has 0 saturated carbocycles. The molecule has 6 nitrogen and oxygen atoms in total. The molecule has 1 aromatic heterocycles. The molecule has 2 heterocycles. The van der Waals surface area contributed by atoms with E-state index in [0.717, 1.165) is 5.69 Å². The number of pyridine rings is 1. The summed E-state index contributed by atoms with van der Waals surface area (Å²) in [5.74, 6) is 1.11. The molecule has 0 atom stereocenters. The number of carbonyl (C=O) groups excluding carboxylic acids is 1. The van der Waals surface area contributed by atoms with Crippen molar-refractivity contribution in [2.75, 3.05) is 23.8 Å². The second-order valence-electron chi connectivity index (χ2n) is 5.57. The summed E-state index contributed by atoms with van der Waals surface area (Å²) in [5, 5.41) is 6.07. The number of fused-ring (bicyclic) bond motifs is 1. The van der Waals surface area contributed by atoms with Gasteiger partial charge in [0.1, 0.15) is 13.2 Å². The van der Waals surface area contributed by atoms with Gasteiger partial charge in [-0.2, -0.15) is 0 Å². The van der Waals surface area contributed by atoms with Crippen molar-refractivity contribution in [1.82, 2.24) is 4.98 Å². The largest absolute Gasteiger partial charge is 0.486 e. The summed E-state index contributed by atoms with van der Waals surface area (Å²) in [7, 11) is 0. The summed E-state index contributed by atoms with van der Waals surface area (Å²) in [5.41, 5.74) is 1.96. The van der Waals surface area contributed by atoms with Gasteiger partial charge in [0.15, 0.2) is 11.5 Å². The third kappa shape index (κ3) is 3.71. The fourth-order valence-electron chi connectivity index (χ4n) is 2.30. The molecule has 2 N–H and O–H groups in total. The second kappa shape index (κ2) is 6.56.